The number of nitrogens with zero attached hydrogens (tertiary/aromatic N) is 1. The van der Waals surface area contributed by atoms with Gasteiger partial charge in [-0.3, -0.25) is 4.79 Å². The molecule has 3 N–H and O–H groups in total. The van der Waals surface area contributed by atoms with Crippen LogP contribution in [0.2, 0.25) is 0 Å². The predicted octanol–water partition coefficient (Wildman–Crippen LogP) is 1.49. The molecule has 0 aromatic carbocycles. The quantitative estimate of drug-likeness (QED) is 0.855. The van der Waals surface area contributed by atoms with Gasteiger partial charge in [-0.05, 0) is 24.5 Å². The van der Waals surface area contributed by atoms with Crippen LogP contribution < -0.4 is 11.1 Å². The first-order chi connectivity index (χ1) is 9.49. The molecule has 0 aliphatic carbocycles. The van der Waals surface area contributed by atoms with E-state index in [9.17, 15) is 4.79 Å². The molecule has 0 saturated carbocycles. The van der Waals surface area contributed by atoms with Crippen LogP contribution in [0.1, 0.15) is 49.3 Å². The Morgan fingerprint density at radius 3 is 2.90 bits per heavy atom. The highest BCUT2D eigenvalue weighted by Crippen LogP contribution is 2.38. The van der Waals surface area contributed by atoms with E-state index >= 15 is 0 Å². The fourth-order valence-corrected chi connectivity index (χ4v) is 3.16. The molecule has 20 heavy (non-hydrogen) atoms. The number of hydrogen-bond donors (Lipinski definition) is 2. The number of carbonyl (C=O) groups is 1. The topological polar surface area (TPSA) is 77.2 Å². The largest absolute Gasteiger partial charge is 0.383 e. The highest BCUT2D eigenvalue weighted by atomic mass is 16.5. The second-order valence-electron chi connectivity index (χ2n) is 5.96. The van der Waals surface area contributed by atoms with Crippen molar-refractivity contribution in [1.29, 1.82) is 0 Å². The van der Waals surface area contributed by atoms with E-state index in [1.165, 1.54) is 0 Å². The molecule has 1 aromatic heterocycles. The summed E-state index contributed by atoms with van der Waals surface area (Å²) >= 11 is 0. The number of anilines is 1. The number of hydrogen-bond acceptors (Lipinski definition) is 5. The number of aromatic nitrogens is 1. The average molecular weight is 275 g/mol. The molecule has 2 aliphatic rings. The van der Waals surface area contributed by atoms with Crippen molar-refractivity contribution in [2.75, 3.05) is 5.73 Å². The minimum Gasteiger partial charge on any atom is -0.383 e. The maximum absolute atomic E-state index is 12.2. The molecule has 2 aliphatic heterocycles. The van der Waals surface area contributed by atoms with Crippen LogP contribution in [0.25, 0.3) is 0 Å². The lowest BCUT2D eigenvalue weighted by atomic mass is 9.88. The molecule has 0 saturated heterocycles. The van der Waals surface area contributed by atoms with Crippen LogP contribution in [-0.2, 0) is 29.1 Å². The third-order valence-electron chi connectivity index (χ3n) is 4.29. The van der Waals surface area contributed by atoms with Gasteiger partial charge in [-0.25, -0.2) is 4.98 Å². The zero-order valence-corrected chi connectivity index (χ0v) is 12.2. The van der Waals surface area contributed by atoms with Gasteiger partial charge in [0.1, 0.15) is 5.82 Å². The molecule has 1 aromatic rings. The van der Waals surface area contributed by atoms with Gasteiger partial charge in [0.15, 0.2) is 5.78 Å². The van der Waals surface area contributed by atoms with E-state index in [1.807, 2.05) is 20.8 Å². The van der Waals surface area contributed by atoms with E-state index in [0.29, 0.717) is 25.4 Å². The van der Waals surface area contributed by atoms with Crippen LogP contribution >= 0.6 is 0 Å². The minimum atomic E-state index is -0.118. The van der Waals surface area contributed by atoms with E-state index in [1.54, 1.807) is 0 Å². The Morgan fingerprint density at radius 1 is 1.45 bits per heavy atom. The highest BCUT2D eigenvalue weighted by Gasteiger charge is 2.33. The van der Waals surface area contributed by atoms with Gasteiger partial charge in [0.05, 0.1) is 24.4 Å². The number of pyridine rings is 1. The minimum absolute atomic E-state index is 0.00284. The average Bonchev–Trinajstić information content (AvgIpc) is 2.81. The van der Waals surface area contributed by atoms with Gasteiger partial charge in [0.25, 0.3) is 0 Å². The summed E-state index contributed by atoms with van der Waals surface area (Å²) in [4.78, 5) is 16.7. The summed E-state index contributed by atoms with van der Waals surface area (Å²) in [6, 6.07) is -0.118. The van der Waals surface area contributed by atoms with E-state index in [0.717, 1.165) is 22.4 Å². The second-order valence-corrected chi connectivity index (χ2v) is 5.96. The Kier molecular flexibility index (Phi) is 3.26. The van der Waals surface area contributed by atoms with Gasteiger partial charge in [-0.15, -0.1) is 0 Å². The number of rotatable bonds is 2. The van der Waals surface area contributed by atoms with Gasteiger partial charge in [-0.2, -0.15) is 0 Å². The summed E-state index contributed by atoms with van der Waals surface area (Å²) in [6.45, 7) is 7.05. The van der Waals surface area contributed by atoms with Gasteiger partial charge >= 0.3 is 0 Å². The van der Waals surface area contributed by atoms with Crippen LogP contribution in [0.15, 0.2) is 0 Å². The molecule has 0 amide bonds. The number of nitrogen functional groups attached to an aromatic ring is 1. The van der Waals surface area contributed by atoms with Crippen molar-refractivity contribution in [1.82, 2.24) is 10.3 Å². The summed E-state index contributed by atoms with van der Waals surface area (Å²) in [6.07, 6.45) is 0.690. The van der Waals surface area contributed by atoms with Gasteiger partial charge < -0.3 is 15.8 Å². The lowest BCUT2D eigenvalue weighted by molar-refractivity contribution is -0.124. The van der Waals surface area contributed by atoms with E-state index in [-0.39, 0.29) is 23.8 Å². The number of ketones is 1. The molecular formula is C15H21N3O2. The first-order valence-corrected chi connectivity index (χ1v) is 7.17. The van der Waals surface area contributed by atoms with Crippen LogP contribution in [0.3, 0.4) is 0 Å². The summed E-state index contributed by atoms with van der Waals surface area (Å²) in [5, 5.41) is 3.28. The molecular weight excluding hydrogens is 254 g/mol. The van der Waals surface area contributed by atoms with Crippen LogP contribution in [0, 0.1) is 5.92 Å². The number of Topliss-reactive ketones (excluding diaryl/α,β-unsaturated/α-hetero) is 1. The zero-order chi connectivity index (χ0) is 14.4. The molecule has 0 unspecified atom stereocenters. The SMILES string of the molecule is CC(C)C(=O)[C@H]1Cc2c(nc(N)c3c2CO[C@@H]3C)CN1. The Bertz CT molecular complexity index is 569. The fourth-order valence-electron chi connectivity index (χ4n) is 3.16. The number of ether oxygens (including phenoxy) is 1. The van der Waals surface area contributed by atoms with E-state index < -0.39 is 0 Å². The maximum Gasteiger partial charge on any atom is 0.152 e. The first kappa shape index (κ1) is 13.5. The van der Waals surface area contributed by atoms with E-state index in [2.05, 4.69) is 10.3 Å². The smallest absolute Gasteiger partial charge is 0.152 e. The van der Waals surface area contributed by atoms with Crippen molar-refractivity contribution in [3.8, 4) is 0 Å². The van der Waals surface area contributed by atoms with Crippen LogP contribution in [0.5, 0.6) is 0 Å². The normalized spacial score (nSPS) is 24.6. The Morgan fingerprint density at radius 2 is 2.20 bits per heavy atom. The molecule has 0 spiro atoms. The number of fused-ring (bicyclic) bond motifs is 3. The molecule has 2 atom stereocenters. The number of nitrogens with one attached hydrogen (secondary N) is 1. The molecule has 5 nitrogen and oxygen atoms in total. The lowest BCUT2D eigenvalue weighted by Gasteiger charge is -2.27. The van der Waals surface area contributed by atoms with Crippen LogP contribution in [-0.4, -0.2) is 16.8 Å². The third kappa shape index (κ3) is 2.01. The number of carbonyl (C=O) groups excluding carboxylic acids is 1. The Hall–Kier alpha value is -1.46. The van der Waals surface area contributed by atoms with Crippen molar-refractivity contribution >= 4 is 11.6 Å². The fraction of sp³-hybridized carbons (Fsp3) is 0.600. The second kappa shape index (κ2) is 4.82. The monoisotopic (exact) mass is 275 g/mol. The van der Waals surface area contributed by atoms with Crippen molar-refractivity contribution in [3.63, 3.8) is 0 Å². The van der Waals surface area contributed by atoms with Crippen molar-refractivity contribution in [2.24, 2.45) is 5.92 Å². The summed E-state index contributed by atoms with van der Waals surface area (Å²) < 4.78 is 5.69. The number of nitrogens with two attached hydrogens (primary N) is 1. The Balaban J connectivity index is 1.99. The molecule has 108 valence electrons. The van der Waals surface area contributed by atoms with Crippen molar-refractivity contribution in [3.05, 3.63) is 22.4 Å². The standard InChI is InChI=1S/C15H21N3O2/c1-7(2)14(19)11-4-9-10-6-20-8(3)13(10)15(16)18-12(9)5-17-11/h7-8,11,17H,4-6H2,1-3H3,(H2,16,18)/t8-,11-/m1/s1. The highest BCUT2D eigenvalue weighted by molar-refractivity contribution is 5.86. The van der Waals surface area contributed by atoms with Crippen molar-refractivity contribution in [2.45, 2.75) is 52.5 Å². The maximum atomic E-state index is 12.2. The molecule has 3 rings (SSSR count). The van der Waals surface area contributed by atoms with Crippen molar-refractivity contribution < 1.29 is 9.53 Å². The summed E-state index contributed by atoms with van der Waals surface area (Å²) in [5.74, 6) is 0.867. The van der Waals surface area contributed by atoms with Gasteiger partial charge in [-0.1, -0.05) is 13.8 Å². The lowest BCUT2D eigenvalue weighted by Crippen LogP contribution is -2.44. The van der Waals surface area contributed by atoms with Crippen LogP contribution in [0.4, 0.5) is 5.82 Å². The Labute approximate surface area is 118 Å². The predicted molar refractivity (Wildman–Crippen MR) is 76.0 cm³/mol. The molecule has 3 heterocycles. The summed E-state index contributed by atoms with van der Waals surface area (Å²) in [5.41, 5.74) is 10.3. The molecule has 0 bridgehead atoms. The first-order valence-electron chi connectivity index (χ1n) is 7.17. The molecule has 0 radical (unpaired) electrons. The molecule has 5 heteroatoms. The van der Waals surface area contributed by atoms with Gasteiger partial charge in [0.2, 0.25) is 0 Å². The zero-order valence-electron chi connectivity index (χ0n) is 12.2. The van der Waals surface area contributed by atoms with Gasteiger partial charge in [0, 0.05) is 18.0 Å². The summed E-state index contributed by atoms with van der Waals surface area (Å²) in [7, 11) is 0. The van der Waals surface area contributed by atoms with E-state index in [4.69, 9.17) is 10.5 Å². The molecule has 0 fully saturated rings. The third-order valence-corrected chi connectivity index (χ3v) is 4.29.